The first-order chi connectivity index (χ1) is 7.95. The number of sulfone groups is 1. The summed E-state index contributed by atoms with van der Waals surface area (Å²) in [6.07, 6.45) is 0.768. The highest BCUT2D eigenvalue weighted by atomic mass is 32.2. The van der Waals surface area contributed by atoms with Crippen LogP contribution in [0.4, 0.5) is 5.69 Å². The largest absolute Gasteiger partial charge is 0.399 e. The summed E-state index contributed by atoms with van der Waals surface area (Å²) in [6.45, 7) is 2.37. The van der Waals surface area contributed by atoms with Crippen LogP contribution in [0.25, 0.3) is 0 Å². The number of hydrogen-bond donors (Lipinski definition) is 2. The van der Waals surface area contributed by atoms with Crippen molar-refractivity contribution < 1.29 is 13.2 Å². The van der Waals surface area contributed by atoms with E-state index in [0.29, 0.717) is 12.2 Å². The number of anilines is 1. The molecule has 0 radical (unpaired) electrons. The quantitative estimate of drug-likeness (QED) is 0.754. The van der Waals surface area contributed by atoms with E-state index in [1.807, 2.05) is 6.92 Å². The van der Waals surface area contributed by atoms with Gasteiger partial charge in [0.05, 0.1) is 4.90 Å². The number of hydrogen-bond acceptors (Lipinski definition) is 4. The van der Waals surface area contributed by atoms with Gasteiger partial charge in [0, 0.05) is 12.2 Å². The van der Waals surface area contributed by atoms with Gasteiger partial charge in [-0.25, -0.2) is 8.42 Å². The number of rotatable bonds is 5. The summed E-state index contributed by atoms with van der Waals surface area (Å²) in [7, 11) is -3.60. The first-order valence-electron chi connectivity index (χ1n) is 5.30. The van der Waals surface area contributed by atoms with E-state index in [2.05, 4.69) is 5.32 Å². The molecule has 0 aliphatic carbocycles. The maximum Gasteiger partial charge on any atom is 0.235 e. The van der Waals surface area contributed by atoms with Crippen LogP contribution in [-0.4, -0.2) is 26.6 Å². The van der Waals surface area contributed by atoms with Crippen molar-refractivity contribution in [1.82, 2.24) is 5.32 Å². The van der Waals surface area contributed by atoms with E-state index >= 15 is 0 Å². The Morgan fingerprint density at radius 3 is 2.71 bits per heavy atom. The molecule has 0 aromatic heterocycles. The van der Waals surface area contributed by atoms with Gasteiger partial charge < -0.3 is 11.1 Å². The fraction of sp³-hybridized carbons (Fsp3) is 0.364. The minimum absolute atomic E-state index is 0.0733. The second-order valence-electron chi connectivity index (χ2n) is 3.68. The number of nitrogen functional groups attached to an aromatic ring is 1. The highest BCUT2D eigenvalue weighted by molar-refractivity contribution is 7.92. The predicted octanol–water partition coefficient (Wildman–Crippen LogP) is 0.569. The summed E-state index contributed by atoms with van der Waals surface area (Å²) in [6, 6.07) is 5.92. The van der Waals surface area contributed by atoms with Gasteiger partial charge in [-0.1, -0.05) is 13.0 Å². The maximum atomic E-state index is 11.8. The van der Waals surface area contributed by atoms with E-state index in [-0.39, 0.29) is 4.90 Å². The number of benzene rings is 1. The second-order valence-corrected chi connectivity index (χ2v) is 5.67. The van der Waals surface area contributed by atoms with Crippen LogP contribution in [0.3, 0.4) is 0 Å². The summed E-state index contributed by atoms with van der Waals surface area (Å²) < 4.78 is 23.7. The molecule has 0 saturated heterocycles. The maximum absolute atomic E-state index is 11.8. The third kappa shape index (κ3) is 4.07. The number of nitrogens with one attached hydrogen (secondary N) is 1. The predicted molar refractivity (Wildman–Crippen MR) is 66.2 cm³/mol. The number of carbonyl (C=O) groups is 1. The summed E-state index contributed by atoms with van der Waals surface area (Å²) in [5.41, 5.74) is 5.86. The van der Waals surface area contributed by atoms with Crippen LogP contribution in [0.5, 0.6) is 0 Å². The van der Waals surface area contributed by atoms with Gasteiger partial charge >= 0.3 is 0 Å². The lowest BCUT2D eigenvalue weighted by Crippen LogP contribution is -2.30. The summed E-state index contributed by atoms with van der Waals surface area (Å²) in [4.78, 5) is 11.4. The number of nitrogens with two attached hydrogens (primary N) is 1. The van der Waals surface area contributed by atoms with Crippen LogP contribution >= 0.6 is 0 Å². The van der Waals surface area contributed by atoms with Crippen molar-refractivity contribution in [1.29, 1.82) is 0 Å². The van der Waals surface area contributed by atoms with Crippen molar-refractivity contribution >= 4 is 21.4 Å². The fourth-order valence-corrected chi connectivity index (χ4v) is 2.49. The molecule has 0 heterocycles. The first kappa shape index (κ1) is 13.5. The zero-order chi connectivity index (χ0) is 12.9. The molecular formula is C11H16N2O3S. The van der Waals surface area contributed by atoms with Gasteiger partial charge in [0.1, 0.15) is 5.75 Å². The Bertz CT molecular complexity index is 497. The molecule has 6 heteroatoms. The minimum Gasteiger partial charge on any atom is -0.399 e. The third-order valence-electron chi connectivity index (χ3n) is 2.11. The monoisotopic (exact) mass is 256 g/mol. The summed E-state index contributed by atoms with van der Waals surface area (Å²) in [5.74, 6) is -1.04. The molecule has 94 valence electrons. The SMILES string of the molecule is CCCNC(=O)CS(=O)(=O)c1cccc(N)c1. The Labute approximate surface area is 101 Å². The van der Waals surface area contributed by atoms with Crippen molar-refractivity contribution in [3.63, 3.8) is 0 Å². The second kappa shape index (κ2) is 5.67. The lowest BCUT2D eigenvalue weighted by Gasteiger charge is -2.06. The van der Waals surface area contributed by atoms with Gasteiger partial charge in [-0.15, -0.1) is 0 Å². The van der Waals surface area contributed by atoms with E-state index in [0.717, 1.165) is 6.42 Å². The van der Waals surface area contributed by atoms with Gasteiger partial charge in [0.15, 0.2) is 9.84 Å². The summed E-state index contributed by atoms with van der Waals surface area (Å²) in [5, 5.41) is 2.52. The fourth-order valence-electron chi connectivity index (χ4n) is 1.28. The van der Waals surface area contributed by atoms with Crippen LogP contribution in [0.2, 0.25) is 0 Å². The smallest absolute Gasteiger partial charge is 0.235 e. The van der Waals surface area contributed by atoms with Crippen molar-refractivity contribution in [2.75, 3.05) is 18.0 Å². The lowest BCUT2D eigenvalue weighted by atomic mass is 10.3. The van der Waals surface area contributed by atoms with Gasteiger partial charge in [-0.2, -0.15) is 0 Å². The van der Waals surface area contributed by atoms with E-state index < -0.39 is 21.5 Å². The van der Waals surface area contributed by atoms with Crippen molar-refractivity contribution in [3.05, 3.63) is 24.3 Å². The molecule has 0 spiro atoms. The number of amides is 1. The molecule has 0 fully saturated rings. The molecule has 0 atom stereocenters. The molecular weight excluding hydrogens is 240 g/mol. The molecule has 0 unspecified atom stereocenters. The Balaban J connectivity index is 2.79. The van der Waals surface area contributed by atoms with Crippen molar-refractivity contribution in [2.24, 2.45) is 0 Å². The Morgan fingerprint density at radius 2 is 2.12 bits per heavy atom. The molecule has 5 nitrogen and oxygen atoms in total. The van der Waals surface area contributed by atoms with Crippen LogP contribution in [0.15, 0.2) is 29.2 Å². The van der Waals surface area contributed by atoms with Crippen LogP contribution < -0.4 is 11.1 Å². The molecule has 1 rings (SSSR count). The zero-order valence-corrected chi connectivity index (χ0v) is 10.5. The van der Waals surface area contributed by atoms with Gasteiger partial charge in [-0.05, 0) is 24.6 Å². The van der Waals surface area contributed by atoms with Crippen LogP contribution in [0.1, 0.15) is 13.3 Å². The Morgan fingerprint density at radius 1 is 1.41 bits per heavy atom. The first-order valence-corrected chi connectivity index (χ1v) is 6.96. The molecule has 1 amide bonds. The average Bonchev–Trinajstić information content (AvgIpc) is 2.26. The molecule has 0 aliphatic heterocycles. The minimum atomic E-state index is -3.60. The van der Waals surface area contributed by atoms with Crippen LogP contribution in [0, 0.1) is 0 Å². The lowest BCUT2D eigenvalue weighted by molar-refractivity contribution is -0.118. The van der Waals surface area contributed by atoms with E-state index in [9.17, 15) is 13.2 Å². The molecule has 1 aromatic carbocycles. The van der Waals surface area contributed by atoms with Crippen molar-refractivity contribution in [2.45, 2.75) is 18.2 Å². The molecule has 0 aliphatic rings. The standard InChI is InChI=1S/C11H16N2O3S/c1-2-6-13-11(14)8-17(15,16)10-5-3-4-9(12)7-10/h3-5,7H,2,6,8,12H2,1H3,(H,13,14). The van der Waals surface area contributed by atoms with Gasteiger partial charge in [-0.3, -0.25) is 4.79 Å². The summed E-state index contributed by atoms with van der Waals surface area (Å²) >= 11 is 0. The molecule has 17 heavy (non-hydrogen) atoms. The Kier molecular flexibility index (Phi) is 4.51. The molecule has 0 saturated carbocycles. The van der Waals surface area contributed by atoms with E-state index in [4.69, 9.17) is 5.73 Å². The van der Waals surface area contributed by atoms with Gasteiger partial charge in [0.25, 0.3) is 0 Å². The molecule has 0 bridgehead atoms. The van der Waals surface area contributed by atoms with E-state index in [1.54, 1.807) is 12.1 Å². The van der Waals surface area contributed by atoms with E-state index in [1.165, 1.54) is 12.1 Å². The zero-order valence-electron chi connectivity index (χ0n) is 9.64. The number of carbonyl (C=O) groups excluding carboxylic acids is 1. The normalized spacial score (nSPS) is 11.1. The highest BCUT2D eigenvalue weighted by Crippen LogP contribution is 2.14. The van der Waals surface area contributed by atoms with Gasteiger partial charge in [0.2, 0.25) is 5.91 Å². The third-order valence-corrected chi connectivity index (χ3v) is 3.72. The van der Waals surface area contributed by atoms with Crippen LogP contribution in [-0.2, 0) is 14.6 Å². The average molecular weight is 256 g/mol. The molecule has 3 N–H and O–H groups in total. The molecule has 1 aromatic rings. The highest BCUT2D eigenvalue weighted by Gasteiger charge is 2.18. The van der Waals surface area contributed by atoms with Crippen molar-refractivity contribution in [3.8, 4) is 0 Å². The Hall–Kier alpha value is -1.56. The topological polar surface area (TPSA) is 89.3 Å².